The third-order valence-electron chi connectivity index (χ3n) is 5.11. The molecule has 0 aromatic heterocycles. The van der Waals surface area contributed by atoms with Crippen LogP contribution in [0.4, 0.5) is 0 Å². The average Bonchev–Trinajstić information content (AvgIpc) is 3.10. The van der Waals surface area contributed by atoms with Crippen LogP contribution in [0.25, 0.3) is 0 Å². The van der Waals surface area contributed by atoms with Crippen LogP contribution in [0.2, 0.25) is 0 Å². The van der Waals surface area contributed by atoms with Gasteiger partial charge >= 0.3 is 0 Å². The summed E-state index contributed by atoms with van der Waals surface area (Å²) in [7, 11) is 0. The van der Waals surface area contributed by atoms with Crippen molar-refractivity contribution in [2.75, 3.05) is 0 Å². The van der Waals surface area contributed by atoms with E-state index < -0.39 is 0 Å². The Morgan fingerprint density at radius 2 is 0.889 bits per heavy atom. The Bertz CT molecular complexity index is 446. The quantitative estimate of drug-likeness (QED) is 0.574. The van der Waals surface area contributed by atoms with Crippen molar-refractivity contribution in [3.05, 3.63) is 24.3 Å². The van der Waals surface area contributed by atoms with Crippen LogP contribution >= 0.6 is 0 Å². The zero-order valence-corrected chi connectivity index (χ0v) is 9.56. The van der Waals surface area contributed by atoms with Gasteiger partial charge in [-0.15, -0.1) is 0 Å². The van der Waals surface area contributed by atoms with Crippen LogP contribution in [0.1, 0.15) is 0 Å². The molecule has 92 valence electrons. The molecule has 5 rings (SSSR count). The summed E-state index contributed by atoms with van der Waals surface area (Å²) in [5.41, 5.74) is 0. The molecular formula is C14H12O4. The van der Waals surface area contributed by atoms with Crippen LogP contribution in [-0.2, 0) is 19.1 Å². The highest BCUT2D eigenvalue weighted by Crippen LogP contribution is 2.53. The van der Waals surface area contributed by atoms with E-state index in [4.69, 9.17) is 9.47 Å². The van der Waals surface area contributed by atoms with Gasteiger partial charge in [-0.05, 0) is 0 Å². The molecule has 0 N–H and O–H groups in total. The fraction of sp³-hybridized carbons (Fsp3) is 0.571. The van der Waals surface area contributed by atoms with Crippen LogP contribution in [0, 0.1) is 23.7 Å². The van der Waals surface area contributed by atoms with Crippen LogP contribution in [0.15, 0.2) is 24.3 Å². The minimum absolute atomic E-state index is 0.179. The Balaban J connectivity index is 1.65. The van der Waals surface area contributed by atoms with Crippen LogP contribution < -0.4 is 0 Å². The Labute approximate surface area is 104 Å². The lowest BCUT2D eigenvalue weighted by molar-refractivity contribution is -0.145. The summed E-state index contributed by atoms with van der Waals surface area (Å²) in [5.74, 6) is -0.679. The van der Waals surface area contributed by atoms with E-state index in [0.29, 0.717) is 0 Å². The molecule has 4 heterocycles. The maximum Gasteiger partial charge on any atom is 0.146 e. The van der Waals surface area contributed by atoms with Gasteiger partial charge in [0.25, 0.3) is 0 Å². The first-order valence-corrected chi connectivity index (χ1v) is 6.51. The maximum absolute atomic E-state index is 12.6. The third-order valence-corrected chi connectivity index (χ3v) is 5.11. The van der Waals surface area contributed by atoms with Gasteiger partial charge in [-0.25, -0.2) is 0 Å². The first-order chi connectivity index (χ1) is 8.75. The molecular weight excluding hydrogens is 232 g/mol. The van der Waals surface area contributed by atoms with Gasteiger partial charge in [-0.2, -0.15) is 0 Å². The fourth-order valence-corrected chi connectivity index (χ4v) is 4.42. The molecule has 0 radical (unpaired) electrons. The van der Waals surface area contributed by atoms with E-state index in [9.17, 15) is 9.59 Å². The Morgan fingerprint density at radius 1 is 0.611 bits per heavy atom. The predicted octanol–water partition coefficient (Wildman–Crippen LogP) is 0.277. The predicted molar refractivity (Wildman–Crippen MR) is 59.6 cm³/mol. The molecule has 0 aromatic rings. The molecule has 5 aliphatic rings. The number of fused-ring (bicyclic) bond motifs is 10. The molecule has 1 aliphatic carbocycles. The smallest absolute Gasteiger partial charge is 0.146 e. The van der Waals surface area contributed by atoms with Gasteiger partial charge in [0.2, 0.25) is 0 Å². The SMILES string of the molecule is O=C1C2C3C=CC(O3)C2C(=O)C2C3C=CC(O3)C12. The lowest BCUT2D eigenvalue weighted by atomic mass is 9.60. The fourth-order valence-electron chi connectivity index (χ4n) is 4.42. The van der Waals surface area contributed by atoms with E-state index in [1.165, 1.54) is 0 Å². The van der Waals surface area contributed by atoms with E-state index in [1.807, 2.05) is 24.3 Å². The standard InChI is InChI=1S/C14H12O4/c15-13-9-5-1-2-6(17-5)10(9)14(16)12-8-4-3-7(18-8)11(12)13/h1-12H. The molecule has 4 nitrogen and oxygen atoms in total. The zero-order valence-electron chi connectivity index (χ0n) is 9.56. The number of rotatable bonds is 0. The van der Waals surface area contributed by atoms with Crippen molar-refractivity contribution in [3.63, 3.8) is 0 Å². The van der Waals surface area contributed by atoms with Gasteiger partial charge in [0.05, 0.1) is 48.1 Å². The van der Waals surface area contributed by atoms with Gasteiger partial charge in [0, 0.05) is 0 Å². The second-order valence-corrected chi connectivity index (χ2v) is 5.81. The number of ketones is 2. The maximum atomic E-state index is 12.6. The molecule has 0 aromatic carbocycles. The Morgan fingerprint density at radius 3 is 1.17 bits per heavy atom. The number of hydrogen-bond acceptors (Lipinski definition) is 4. The molecule has 2 saturated heterocycles. The summed E-state index contributed by atoms with van der Waals surface area (Å²) in [5, 5.41) is 0. The molecule has 1 saturated carbocycles. The summed E-state index contributed by atoms with van der Waals surface area (Å²) in [6, 6.07) is 0. The second kappa shape index (κ2) is 2.83. The molecule has 8 unspecified atom stereocenters. The second-order valence-electron chi connectivity index (χ2n) is 5.81. The van der Waals surface area contributed by atoms with Gasteiger partial charge < -0.3 is 9.47 Å². The van der Waals surface area contributed by atoms with Gasteiger partial charge in [0.15, 0.2) is 0 Å². The van der Waals surface area contributed by atoms with Crippen molar-refractivity contribution in [1.29, 1.82) is 0 Å². The molecule has 4 heteroatoms. The topological polar surface area (TPSA) is 52.6 Å². The largest absolute Gasteiger partial charge is 0.365 e. The van der Waals surface area contributed by atoms with Crippen molar-refractivity contribution in [2.24, 2.45) is 23.7 Å². The van der Waals surface area contributed by atoms with E-state index in [1.54, 1.807) is 0 Å². The molecule has 8 atom stereocenters. The highest BCUT2D eigenvalue weighted by Gasteiger charge is 2.65. The first-order valence-electron chi connectivity index (χ1n) is 6.51. The summed E-state index contributed by atoms with van der Waals surface area (Å²) in [6.07, 6.45) is 7.01. The number of carbonyl (C=O) groups excluding carboxylic acids is 2. The lowest BCUT2D eigenvalue weighted by Gasteiger charge is -2.37. The molecule has 4 bridgehead atoms. The molecule has 4 aliphatic heterocycles. The third kappa shape index (κ3) is 0.864. The van der Waals surface area contributed by atoms with Crippen molar-refractivity contribution in [2.45, 2.75) is 24.4 Å². The van der Waals surface area contributed by atoms with Gasteiger partial charge in [0.1, 0.15) is 11.6 Å². The molecule has 0 amide bonds. The van der Waals surface area contributed by atoms with E-state index >= 15 is 0 Å². The van der Waals surface area contributed by atoms with Crippen molar-refractivity contribution >= 4 is 11.6 Å². The number of ether oxygens (including phenoxy) is 2. The summed E-state index contributed by atoms with van der Waals surface area (Å²) >= 11 is 0. The normalized spacial score (nSPS) is 58.4. The van der Waals surface area contributed by atoms with Crippen molar-refractivity contribution in [1.82, 2.24) is 0 Å². The number of carbonyl (C=O) groups is 2. The molecule has 0 spiro atoms. The first kappa shape index (κ1) is 9.64. The average molecular weight is 244 g/mol. The highest BCUT2D eigenvalue weighted by atomic mass is 16.5. The van der Waals surface area contributed by atoms with Crippen molar-refractivity contribution in [3.8, 4) is 0 Å². The van der Waals surface area contributed by atoms with Crippen LogP contribution in [-0.4, -0.2) is 36.0 Å². The monoisotopic (exact) mass is 244 g/mol. The minimum atomic E-state index is -0.259. The number of hydrogen-bond donors (Lipinski definition) is 0. The highest BCUT2D eigenvalue weighted by molar-refractivity contribution is 6.02. The van der Waals surface area contributed by atoms with Crippen LogP contribution in [0.3, 0.4) is 0 Å². The lowest BCUT2D eigenvalue weighted by Crippen LogP contribution is -2.53. The van der Waals surface area contributed by atoms with E-state index in [-0.39, 0.29) is 59.7 Å². The Hall–Kier alpha value is -1.26. The molecule has 3 fully saturated rings. The van der Waals surface area contributed by atoms with Crippen LogP contribution in [0.5, 0.6) is 0 Å². The summed E-state index contributed by atoms with van der Waals surface area (Å²) < 4.78 is 11.4. The van der Waals surface area contributed by atoms with E-state index in [0.717, 1.165) is 0 Å². The van der Waals surface area contributed by atoms with Gasteiger partial charge in [-0.1, -0.05) is 24.3 Å². The minimum Gasteiger partial charge on any atom is -0.365 e. The Kier molecular flexibility index (Phi) is 1.52. The summed E-state index contributed by atoms with van der Waals surface area (Å²) in [6.45, 7) is 0. The zero-order chi connectivity index (χ0) is 12.0. The summed E-state index contributed by atoms with van der Waals surface area (Å²) in [4.78, 5) is 25.3. The van der Waals surface area contributed by atoms with Crippen molar-refractivity contribution < 1.29 is 19.1 Å². The van der Waals surface area contributed by atoms with E-state index in [2.05, 4.69) is 0 Å². The number of Topliss-reactive ketones (excluding diaryl/α,β-unsaturated/α-hetero) is 2. The van der Waals surface area contributed by atoms with Gasteiger partial charge in [-0.3, -0.25) is 9.59 Å². The molecule has 18 heavy (non-hydrogen) atoms.